The highest BCUT2D eigenvalue weighted by molar-refractivity contribution is 7.12. The van der Waals surface area contributed by atoms with Gasteiger partial charge < -0.3 is 21.4 Å². The van der Waals surface area contributed by atoms with Gasteiger partial charge in [-0.2, -0.15) is 0 Å². The van der Waals surface area contributed by atoms with Crippen LogP contribution in [0, 0.1) is 6.92 Å². The molecule has 2 aromatic heterocycles. The lowest BCUT2D eigenvalue weighted by Gasteiger charge is -2.17. The fourth-order valence-electron chi connectivity index (χ4n) is 3.08. The molecule has 1 aromatic carbocycles. The van der Waals surface area contributed by atoms with E-state index >= 15 is 0 Å². The topological polar surface area (TPSA) is 130 Å². The molecule has 0 bridgehead atoms. The van der Waals surface area contributed by atoms with Gasteiger partial charge in [0.1, 0.15) is 11.7 Å². The molecular formula is C20H23N5O3S. The number of rotatable bonds is 7. The zero-order valence-corrected chi connectivity index (χ0v) is 17.2. The third kappa shape index (κ3) is 4.45. The molecule has 0 saturated heterocycles. The van der Waals surface area contributed by atoms with Gasteiger partial charge in [0.25, 0.3) is 5.91 Å². The van der Waals surface area contributed by atoms with E-state index in [2.05, 4.69) is 20.6 Å². The Bertz CT molecular complexity index is 1070. The van der Waals surface area contributed by atoms with Crippen LogP contribution in [0.5, 0.6) is 0 Å². The average molecular weight is 414 g/mol. The lowest BCUT2D eigenvalue weighted by molar-refractivity contribution is -0.129. The number of nitrogens with zero attached hydrogens (tertiary/aromatic N) is 1. The van der Waals surface area contributed by atoms with Gasteiger partial charge in [-0.3, -0.25) is 14.4 Å². The Hall–Kier alpha value is -3.20. The average Bonchev–Trinajstić information content (AvgIpc) is 3.31. The number of aromatic nitrogens is 2. The Morgan fingerprint density at radius 2 is 1.97 bits per heavy atom. The second-order valence-electron chi connectivity index (χ2n) is 6.84. The Morgan fingerprint density at radius 1 is 1.21 bits per heavy atom. The fraction of sp³-hybridized carbons (Fsp3) is 0.300. The van der Waals surface area contributed by atoms with E-state index in [1.165, 1.54) is 11.3 Å². The summed E-state index contributed by atoms with van der Waals surface area (Å²) in [7, 11) is 0. The van der Waals surface area contributed by atoms with Gasteiger partial charge in [-0.05, 0) is 38.5 Å². The van der Waals surface area contributed by atoms with Crippen LogP contribution in [-0.2, 0) is 16.1 Å². The quantitative estimate of drug-likeness (QED) is 0.472. The molecule has 0 saturated carbocycles. The molecular weight excluding hydrogens is 390 g/mol. The molecule has 9 heteroatoms. The molecule has 0 fully saturated rings. The van der Waals surface area contributed by atoms with Crippen molar-refractivity contribution < 1.29 is 14.4 Å². The number of amides is 3. The number of H-pyrrole nitrogens is 1. The standard InChI is InChI=1S/C20H23N5O3S/c1-10(17-16(18(21)26)25-12(3)29-17)19(27)24-11(2)20(28)23-9-13-5-4-6-15-14(13)7-8-22-15/h4-8,10-11,22H,9H2,1-3H3,(H2,21,26)(H,23,28)(H,24,27)/t10-,11+/m1/s1. The number of hydrogen-bond donors (Lipinski definition) is 4. The van der Waals surface area contributed by atoms with Crippen LogP contribution in [-0.4, -0.2) is 33.7 Å². The van der Waals surface area contributed by atoms with Gasteiger partial charge in [0.05, 0.1) is 10.9 Å². The van der Waals surface area contributed by atoms with Crippen molar-refractivity contribution in [1.82, 2.24) is 20.6 Å². The normalized spacial score (nSPS) is 13.1. The number of carbonyl (C=O) groups excluding carboxylic acids is 3. The fourth-order valence-corrected chi connectivity index (χ4v) is 4.06. The van der Waals surface area contributed by atoms with E-state index in [1.54, 1.807) is 20.8 Å². The van der Waals surface area contributed by atoms with Gasteiger partial charge >= 0.3 is 0 Å². The van der Waals surface area contributed by atoms with E-state index in [0.29, 0.717) is 16.4 Å². The third-order valence-electron chi connectivity index (χ3n) is 4.67. The number of aromatic amines is 1. The maximum Gasteiger partial charge on any atom is 0.268 e. The van der Waals surface area contributed by atoms with Crippen LogP contribution in [0.25, 0.3) is 10.9 Å². The second kappa shape index (κ2) is 8.44. The molecule has 0 aliphatic heterocycles. The molecule has 152 valence electrons. The molecule has 5 N–H and O–H groups in total. The number of hydrogen-bond acceptors (Lipinski definition) is 5. The van der Waals surface area contributed by atoms with Crippen LogP contribution in [0.15, 0.2) is 30.5 Å². The molecule has 29 heavy (non-hydrogen) atoms. The zero-order valence-electron chi connectivity index (χ0n) is 16.4. The molecule has 0 spiro atoms. The molecule has 2 heterocycles. The van der Waals surface area contributed by atoms with Crippen molar-refractivity contribution in [3.63, 3.8) is 0 Å². The minimum atomic E-state index is -0.735. The summed E-state index contributed by atoms with van der Waals surface area (Å²) in [5.41, 5.74) is 7.43. The summed E-state index contributed by atoms with van der Waals surface area (Å²) in [4.78, 5) is 44.3. The minimum Gasteiger partial charge on any atom is -0.364 e. The summed E-state index contributed by atoms with van der Waals surface area (Å²) in [5, 5.41) is 7.23. The molecule has 0 aliphatic carbocycles. The monoisotopic (exact) mass is 413 g/mol. The zero-order chi connectivity index (χ0) is 21.1. The maximum atomic E-state index is 12.6. The van der Waals surface area contributed by atoms with Crippen LogP contribution in [0.2, 0.25) is 0 Å². The first kappa shape index (κ1) is 20.5. The van der Waals surface area contributed by atoms with E-state index in [4.69, 9.17) is 5.73 Å². The van der Waals surface area contributed by atoms with E-state index in [0.717, 1.165) is 16.5 Å². The van der Waals surface area contributed by atoms with Crippen LogP contribution >= 0.6 is 11.3 Å². The molecule has 8 nitrogen and oxygen atoms in total. The van der Waals surface area contributed by atoms with Gasteiger partial charge in [-0.1, -0.05) is 12.1 Å². The number of thiazole rings is 1. The first-order valence-electron chi connectivity index (χ1n) is 9.18. The van der Waals surface area contributed by atoms with Crippen LogP contribution < -0.4 is 16.4 Å². The molecule has 0 unspecified atom stereocenters. The number of fused-ring (bicyclic) bond motifs is 1. The highest BCUT2D eigenvalue weighted by Gasteiger charge is 2.26. The van der Waals surface area contributed by atoms with Gasteiger partial charge in [0.15, 0.2) is 0 Å². The van der Waals surface area contributed by atoms with Gasteiger partial charge in [-0.25, -0.2) is 4.98 Å². The van der Waals surface area contributed by atoms with E-state index in [1.807, 2.05) is 30.5 Å². The SMILES string of the molecule is Cc1nc(C(N)=O)c([C@@H](C)C(=O)N[C@@H](C)C(=O)NCc2cccc3[nH]ccc23)s1. The summed E-state index contributed by atoms with van der Waals surface area (Å²) in [6.07, 6.45) is 1.85. The highest BCUT2D eigenvalue weighted by Crippen LogP contribution is 2.26. The smallest absolute Gasteiger partial charge is 0.268 e. The molecule has 3 rings (SSSR count). The number of benzene rings is 1. The Kier molecular flexibility index (Phi) is 5.97. The lowest BCUT2D eigenvalue weighted by Crippen LogP contribution is -2.45. The van der Waals surface area contributed by atoms with E-state index in [9.17, 15) is 14.4 Å². The number of primary amides is 1. The Labute approximate surface area is 171 Å². The number of aryl methyl sites for hydroxylation is 1. The Balaban J connectivity index is 1.61. The van der Waals surface area contributed by atoms with Crippen LogP contribution in [0.1, 0.15) is 45.7 Å². The summed E-state index contributed by atoms with van der Waals surface area (Å²) < 4.78 is 0. The number of nitrogens with one attached hydrogen (secondary N) is 3. The first-order valence-corrected chi connectivity index (χ1v) is 9.99. The molecule has 3 amide bonds. The second-order valence-corrected chi connectivity index (χ2v) is 8.07. The minimum absolute atomic E-state index is 0.104. The number of nitrogens with two attached hydrogens (primary N) is 1. The van der Waals surface area contributed by atoms with Crippen molar-refractivity contribution in [2.45, 2.75) is 39.3 Å². The predicted molar refractivity (Wildman–Crippen MR) is 112 cm³/mol. The first-order chi connectivity index (χ1) is 13.8. The van der Waals surface area contributed by atoms with Crippen molar-refractivity contribution in [3.8, 4) is 0 Å². The van der Waals surface area contributed by atoms with Gasteiger partial charge in [-0.15, -0.1) is 11.3 Å². The van der Waals surface area contributed by atoms with Crippen molar-refractivity contribution in [3.05, 3.63) is 51.6 Å². The van der Waals surface area contributed by atoms with Crippen LogP contribution in [0.3, 0.4) is 0 Å². The molecule has 0 aliphatic rings. The molecule has 2 atom stereocenters. The summed E-state index contributed by atoms with van der Waals surface area (Å²) in [6, 6.07) is 7.05. The predicted octanol–water partition coefficient (Wildman–Crippen LogP) is 1.96. The lowest BCUT2D eigenvalue weighted by atomic mass is 10.1. The van der Waals surface area contributed by atoms with E-state index < -0.39 is 17.9 Å². The third-order valence-corrected chi connectivity index (χ3v) is 5.82. The summed E-state index contributed by atoms with van der Waals surface area (Å²) in [6.45, 7) is 5.37. The number of carbonyl (C=O) groups is 3. The summed E-state index contributed by atoms with van der Waals surface area (Å²) >= 11 is 1.25. The van der Waals surface area contributed by atoms with Gasteiger partial charge in [0.2, 0.25) is 11.8 Å². The van der Waals surface area contributed by atoms with Crippen molar-refractivity contribution in [2.24, 2.45) is 5.73 Å². The van der Waals surface area contributed by atoms with Crippen LogP contribution in [0.4, 0.5) is 0 Å². The molecule has 0 radical (unpaired) electrons. The largest absolute Gasteiger partial charge is 0.364 e. The van der Waals surface area contributed by atoms with Crippen molar-refractivity contribution in [2.75, 3.05) is 0 Å². The summed E-state index contributed by atoms with van der Waals surface area (Å²) in [5.74, 6) is -1.98. The Morgan fingerprint density at radius 3 is 2.69 bits per heavy atom. The van der Waals surface area contributed by atoms with E-state index in [-0.39, 0.29) is 17.5 Å². The maximum absolute atomic E-state index is 12.6. The molecule has 3 aromatic rings. The van der Waals surface area contributed by atoms with Crippen molar-refractivity contribution >= 4 is 40.0 Å². The highest BCUT2D eigenvalue weighted by atomic mass is 32.1. The van der Waals surface area contributed by atoms with Crippen molar-refractivity contribution in [1.29, 1.82) is 0 Å². The van der Waals surface area contributed by atoms with Gasteiger partial charge in [0, 0.05) is 28.5 Å².